The molecule has 0 aliphatic rings. The fourth-order valence-electron chi connectivity index (χ4n) is 3.09. The molecule has 2 aromatic carbocycles. The van der Waals surface area contributed by atoms with E-state index in [2.05, 4.69) is 33.1 Å². The van der Waals surface area contributed by atoms with Crippen LogP contribution in [-0.4, -0.2) is 29.0 Å². The van der Waals surface area contributed by atoms with E-state index in [0.717, 1.165) is 21.5 Å². The third-order valence-corrected chi connectivity index (χ3v) is 5.20. The Balaban J connectivity index is 1.81. The number of halogens is 1. The standard InChI is InChI=1S/C23H23BrN2O2/c1-3-13-26(23(27)21-11-4-5-12-22(21)24)17-19-9-7-14-25(19)16-18-8-6-10-20(15-18)28-2/h3-12,14-15H,1,13,16-17H2,2H3. The molecule has 1 amide bonds. The van der Waals surface area contributed by atoms with Gasteiger partial charge in [-0.1, -0.05) is 30.3 Å². The van der Waals surface area contributed by atoms with E-state index in [1.165, 1.54) is 0 Å². The van der Waals surface area contributed by atoms with Crippen LogP contribution in [0.3, 0.4) is 0 Å². The van der Waals surface area contributed by atoms with Gasteiger partial charge < -0.3 is 14.2 Å². The number of methoxy groups -OCH3 is 1. The van der Waals surface area contributed by atoms with Crippen molar-refractivity contribution in [1.29, 1.82) is 0 Å². The Hall–Kier alpha value is -2.79. The van der Waals surface area contributed by atoms with Gasteiger partial charge in [-0.3, -0.25) is 4.79 Å². The van der Waals surface area contributed by atoms with E-state index >= 15 is 0 Å². The van der Waals surface area contributed by atoms with E-state index in [4.69, 9.17) is 4.74 Å². The number of rotatable bonds is 8. The van der Waals surface area contributed by atoms with Crippen LogP contribution in [0.2, 0.25) is 0 Å². The topological polar surface area (TPSA) is 34.5 Å². The Morgan fingerprint density at radius 3 is 2.75 bits per heavy atom. The average Bonchev–Trinajstić information content (AvgIpc) is 3.14. The molecule has 3 rings (SSSR count). The molecule has 4 nitrogen and oxygen atoms in total. The van der Waals surface area contributed by atoms with E-state index < -0.39 is 0 Å². The van der Waals surface area contributed by atoms with E-state index in [0.29, 0.717) is 25.2 Å². The molecule has 5 heteroatoms. The van der Waals surface area contributed by atoms with E-state index in [1.54, 1.807) is 18.1 Å². The Morgan fingerprint density at radius 2 is 2.00 bits per heavy atom. The molecule has 0 saturated heterocycles. The Labute approximate surface area is 174 Å². The van der Waals surface area contributed by atoms with Crippen LogP contribution < -0.4 is 4.74 Å². The normalized spacial score (nSPS) is 10.5. The smallest absolute Gasteiger partial charge is 0.255 e. The lowest BCUT2D eigenvalue weighted by atomic mass is 10.2. The van der Waals surface area contributed by atoms with Gasteiger partial charge >= 0.3 is 0 Å². The van der Waals surface area contributed by atoms with Crippen molar-refractivity contribution in [3.63, 3.8) is 0 Å². The van der Waals surface area contributed by atoms with Gasteiger partial charge in [-0.2, -0.15) is 0 Å². The van der Waals surface area contributed by atoms with Gasteiger partial charge in [-0.15, -0.1) is 6.58 Å². The Morgan fingerprint density at radius 1 is 1.18 bits per heavy atom. The van der Waals surface area contributed by atoms with Crippen LogP contribution in [0.5, 0.6) is 5.75 Å². The average molecular weight is 439 g/mol. The molecule has 0 radical (unpaired) electrons. The Bertz CT molecular complexity index is 964. The first-order valence-corrected chi connectivity index (χ1v) is 9.83. The molecule has 3 aromatic rings. The number of carbonyl (C=O) groups excluding carboxylic acids is 1. The molecule has 0 fully saturated rings. The third kappa shape index (κ3) is 4.73. The van der Waals surface area contributed by atoms with Crippen molar-refractivity contribution in [2.24, 2.45) is 0 Å². The lowest BCUT2D eigenvalue weighted by Crippen LogP contribution is -2.31. The fourth-order valence-corrected chi connectivity index (χ4v) is 3.54. The van der Waals surface area contributed by atoms with Crippen molar-refractivity contribution in [2.45, 2.75) is 13.1 Å². The van der Waals surface area contributed by atoms with Crippen molar-refractivity contribution in [3.8, 4) is 5.75 Å². The van der Waals surface area contributed by atoms with Crippen molar-refractivity contribution in [3.05, 3.63) is 101 Å². The van der Waals surface area contributed by atoms with Crippen LogP contribution in [0.1, 0.15) is 21.6 Å². The second kappa shape index (κ2) is 9.42. The number of hydrogen-bond donors (Lipinski definition) is 0. The predicted octanol–water partition coefficient (Wildman–Crippen LogP) is 5.14. The van der Waals surface area contributed by atoms with Crippen LogP contribution in [0.4, 0.5) is 0 Å². The zero-order chi connectivity index (χ0) is 19.9. The third-order valence-electron chi connectivity index (χ3n) is 4.50. The molecule has 144 valence electrons. The largest absolute Gasteiger partial charge is 0.497 e. The molecule has 28 heavy (non-hydrogen) atoms. The summed E-state index contributed by atoms with van der Waals surface area (Å²) in [6.07, 6.45) is 3.79. The fraction of sp³-hybridized carbons (Fsp3) is 0.174. The summed E-state index contributed by atoms with van der Waals surface area (Å²) >= 11 is 3.48. The molecule has 0 unspecified atom stereocenters. The minimum absolute atomic E-state index is 0.0264. The maximum Gasteiger partial charge on any atom is 0.255 e. The van der Waals surface area contributed by atoms with Crippen LogP contribution in [-0.2, 0) is 13.1 Å². The molecular formula is C23H23BrN2O2. The van der Waals surface area contributed by atoms with Crippen molar-refractivity contribution < 1.29 is 9.53 Å². The lowest BCUT2D eigenvalue weighted by Gasteiger charge is -2.23. The minimum Gasteiger partial charge on any atom is -0.497 e. The summed E-state index contributed by atoms with van der Waals surface area (Å²) < 4.78 is 8.26. The van der Waals surface area contributed by atoms with Gasteiger partial charge in [0.2, 0.25) is 0 Å². The van der Waals surface area contributed by atoms with Crippen LogP contribution in [0.25, 0.3) is 0 Å². The molecule has 0 aliphatic carbocycles. The second-order valence-corrected chi connectivity index (χ2v) is 7.29. The molecule has 0 bridgehead atoms. The molecule has 0 spiro atoms. The summed E-state index contributed by atoms with van der Waals surface area (Å²) in [5, 5.41) is 0. The quantitative estimate of drug-likeness (QED) is 0.456. The SMILES string of the molecule is C=CCN(Cc1cccn1Cc1cccc(OC)c1)C(=O)c1ccccc1Br. The van der Waals surface area contributed by atoms with Crippen molar-refractivity contribution >= 4 is 21.8 Å². The maximum absolute atomic E-state index is 13.1. The number of benzene rings is 2. The lowest BCUT2D eigenvalue weighted by molar-refractivity contribution is 0.0758. The highest BCUT2D eigenvalue weighted by molar-refractivity contribution is 9.10. The van der Waals surface area contributed by atoms with Crippen LogP contribution in [0.15, 0.2) is 84.0 Å². The zero-order valence-electron chi connectivity index (χ0n) is 15.8. The predicted molar refractivity (Wildman–Crippen MR) is 116 cm³/mol. The van der Waals surface area contributed by atoms with Gasteiger partial charge in [0.05, 0.1) is 19.2 Å². The first-order valence-electron chi connectivity index (χ1n) is 9.04. The number of ether oxygens (including phenoxy) is 1. The second-order valence-electron chi connectivity index (χ2n) is 6.43. The Kier molecular flexibility index (Phi) is 6.71. The molecule has 0 saturated carbocycles. The molecular weight excluding hydrogens is 416 g/mol. The summed E-state index contributed by atoms with van der Waals surface area (Å²) in [5.74, 6) is 0.810. The number of aromatic nitrogens is 1. The van der Waals surface area contributed by atoms with E-state index in [-0.39, 0.29) is 5.91 Å². The summed E-state index contributed by atoms with van der Waals surface area (Å²) in [7, 11) is 1.67. The van der Waals surface area contributed by atoms with Crippen LogP contribution >= 0.6 is 15.9 Å². The maximum atomic E-state index is 13.1. The van der Waals surface area contributed by atoms with Crippen molar-refractivity contribution in [1.82, 2.24) is 9.47 Å². The van der Waals surface area contributed by atoms with Gasteiger partial charge in [0.25, 0.3) is 5.91 Å². The van der Waals surface area contributed by atoms with Gasteiger partial charge in [0.1, 0.15) is 5.75 Å². The molecule has 0 atom stereocenters. The first kappa shape index (κ1) is 20.0. The molecule has 1 aromatic heterocycles. The molecule has 1 heterocycles. The number of nitrogens with zero attached hydrogens (tertiary/aromatic N) is 2. The summed E-state index contributed by atoms with van der Waals surface area (Å²) in [6.45, 7) is 5.50. The van der Waals surface area contributed by atoms with Gasteiger partial charge in [0.15, 0.2) is 0 Å². The van der Waals surface area contributed by atoms with Crippen molar-refractivity contribution in [2.75, 3.05) is 13.7 Å². The van der Waals surface area contributed by atoms with Crippen LogP contribution in [0, 0.1) is 0 Å². The molecule has 0 N–H and O–H groups in total. The zero-order valence-corrected chi connectivity index (χ0v) is 17.4. The number of carbonyl (C=O) groups is 1. The van der Waals surface area contributed by atoms with Gasteiger partial charge in [-0.25, -0.2) is 0 Å². The number of amides is 1. The minimum atomic E-state index is -0.0264. The summed E-state index contributed by atoms with van der Waals surface area (Å²) in [4.78, 5) is 14.9. The summed E-state index contributed by atoms with van der Waals surface area (Å²) in [6, 6.07) is 19.5. The van der Waals surface area contributed by atoms with Gasteiger partial charge in [0, 0.05) is 29.5 Å². The van der Waals surface area contributed by atoms with E-state index in [1.807, 2.05) is 60.8 Å². The highest BCUT2D eigenvalue weighted by atomic mass is 79.9. The van der Waals surface area contributed by atoms with E-state index in [9.17, 15) is 4.79 Å². The summed E-state index contributed by atoms with van der Waals surface area (Å²) in [5.41, 5.74) is 2.85. The van der Waals surface area contributed by atoms with Gasteiger partial charge in [-0.05, 0) is 57.9 Å². The highest BCUT2D eigenvalue weighted by Crippen LogP contribution is 2.20. The monoisotopic (exact) mass is 438 g/mol. The number of hydrogen-bond acceptors (Lipinski definition) is 2. The first-order chi connectivity index (χ1) is 13.6. The molecule has 0 aliphatic heterocycles. The highest BCUT2D eigenvalue weighted by Gasteiger charge is 2.18.